The first-order valence-electron chi connectivity index (χ1n) is 4.84. The minimum atomic E-state index is 0.184. The SMILES string of the molecule is ClCC1CCCOC1c1cc(Br)c(Br)s1. The normalized spacial score (nSPS) is 26.9. The molecule has 2 heterocycles. The summed E-state index contributed by atoms with van der Waals surface area (Å²) in [6, 6.07) is 2.13. The van der Waals surface area contributed by atoms with Crippen molar-refractivity contribution in [2.24, 2.45) is 5.92 Å². The van der Waals surface area contributed by atoms with Crippen LogP contribution in [0.5, 0.6) is 0 Å². The first-order chi connectivity index (χ1) is 7.22. The van der Waals surface area contributed by atoms with E-state index in [1.54, 1.807) is 11.3 Å². The topological polar surface area (TPSA) is 9.23 Å². The highest BCUT2D eigenvalue weighted by atomic mass is 79.9. The van der Waals surface area contributed by atoms with Gasteiger partial charge in [0.1, 0.15) is 0 Å². The van der Waals surface area contributed by atoms with Gasteiger partial charge in [0.2, 0.25) is 0 Å². The molecule has 1 aliphatic rings. The number of halogens is 3. The molecular formula is C10H11Br2ClOS. The number of ether oxygens (including phenoxy) is 1. The van der Waals surface area contributed by atoms with Crippen molar-refractivity contribution in [3.05, 3.63) is 19.2 Å². The Balaban J connectivity index is 2.20. The molecular weight excluding hydrogens is 363 g/mol. The molecule has 0 amide bonds. The zero-order chi connectivity index (χ0) is 10.8. The highest BCUT2D eigenvalue weighted by Gasteiger charge is 2.28. The fraction of sp³-hybridized carbons (Fsp3) is 0.600. The predicted molar refractivity (Wildman–Crippen MR) is 71.9 cm³/mol. The molecule has 15 heavy (non-hydrogen) atoms. The Hall–Kier alpha value is 0.910. The largest absolute Gasteiger partial charge is 0.372 e. The Morgan fingerprint density at radius 2 is 2.33 bits per heavy atom. The molecule has 2 rings (SSSR count). The lowest BCUT2D eigenvalue weighted by Crippen LogP contribution is -2.22. The Bertz CT molecular complexity index is 323. The van der Waals surface area contributed by atoms with Gasteiger partial charge in [0.25, 0.3) is 0 Å². The van der Waals surface area contributed by atoms with Crippen LogP contribution in [0.1, 0.15) is 23.8 Å². The molecule has 1 saturated heterocycles. The van der Waals surface area contributed by atoms with Crippen LogP contribution in [-0.4, -0.2) is 12.5 Å². The maximum Gasteiger partial charge on any atom is 0.0956 e. The second-order valence-corrected chi connectivity index (χ2v) is 7.18. The lowest BCUT2D eigenvalue weighted by molar-refractivity contribution is -0.0186. The van der Waals surface area contributed by atoms with Crippen molar-refractivity contribution in [1.29, 1.82) is 0 Å². The maximum atomic E-state index is 5.97. The fourth-order valence-electron chi connectivity index (χ4n) is 1.82. The summed E-state index contributed by atoms with van der Waals surface area (Å²) in [6.45, 7) is 0.852. The molecule has 0 N–H and O–H groups in total. The van der Waals surface area contributed by atoms with E-state index >= 15 is 0 Å². The molecule has 1 aromatic heterocycles. The quantitative estimate of drug-likeness (QED) is 0.664. The van der Waals surface area contributed by atoms with Crippen LogP contribution < -0.4 is 0 Å². The van der Waals surface area contributed by atoms with Crippen molar-refractivity contribution >= 4 is 54.8 Å². The van der Waals surface area contributed by atoms with Gasteiger partial charge in [0.05, 0.1) is 9.89 Å². The Morgan fingerprint density at radius 3 is 2.93 bits per heavy atom. The molecule has 1 nitrogen and oxygen atoms in total. The number of alkyl halides is 1. The highest BCUT2D eigenvalue weighted by molar-refractivity contribution is 9.13. The van der Waals surface area contributed by atoms with E-state index in [4.69, 9.17) is 16.3 Å². The zero-order valence-electron chi connectivity index (χ0n) is 8.01. The fourth-order valence-corrected chi connectivity index (χ4v) is 4.37. The number of hydrogen-bond donors (Lipinski definition) is 0. The van der Waals surface area contributed by atoms with Crippen molar-refractivity contribution in [3.8, 4) is 0 Å². The summed E-state index contributed by atoms with van der Waals surface area (Å²) in [6.07, 6.45) is 2.48. The molecule has 0 spiro atoms. The number of hydrogen-bond acceptors (Lipinski definition) is 2. The molecule has 0 aliphatic carbocycles. The van der Waals surface area contributed by atoms with Gasteiger partial charge >= 0.3 is 0 Å². The van der Waals surface area contributed by atoms with E-state index in [0.717, 1.165) is 21.3 Å². The molecule has 0 bridgehead atoms. The molecule has 1 fully saturated rings. The number of thiophene rings is 1. The van der Waals surface area contributed by atoms with Gasteiger partial charge < -0.3 is 4.74 Å². The van der Waals surface area contributed by atoms with Crippen LogP contribution in [0.3, 0.4) is 0 Å². The first kappa shape index (κ1) is 12.4. The summed E-state index contributed by atoms with van der Waals surface area (Å²) in [7, 11) is 0. The molecule has 2 unspecified atom stereocenters. The average molecular weight is 375 g/mol. The molecule has 2 atom stereocenters. The predicted octanol–water partition coefficient (Wildman–Crippen LogP) is 4.98. The molecule has 0 saturated carbocycles. The molecule has 1 aromatic rings. The van der Waals surface area contributed by atoms with E-state index in [1.165, 1.54) is 11.3 Å². The summed E-state index contributed by atoms with van der Waals surface area (Å²) in [5.41, 5.74) is 0. The van der Waals surface area contributed by atoms with E-state index in [2.05, 4.69) is 37.9 Å². The summed E-state index contributed by atoms with van der Waals surface area (Å²) < 4.78 is 8.05. The van der Waals surface area contributed by atoms with Crippen molar-refractivity contribution in [1.82, 2.24) is 0 Å². The van der Waals surface area contributed by atoms with Crippen LogP contribution in [0.4, 0.5) is 0 Å². The lowest BCUT2D eigenvalue weighted by atomic mass is 9.95. The van der Waals surface area contributed by atoms with Crippen LogP contribution in [0, 0.1) is 5.92 Å². The van der Waals surface area contributed by atoms with E-state index in [9.17, 15) is 0 Å². The van der Waals surface area contributed by atoms with Crippen LogP contribution in [0.2, 0.25) is 0 Å². The van der Waals surface area contributed by atoms with Gasteiger partial charge in [0, 0.05) is 27.8 Å². The minimum Gasteiger partial charge on any atom is -0.372 e. The third-order valence-electron chi connectivity index (χ3n) is 2.59. The highest BCUT2D eigenvalue weighted by Crippen LogP contribution is 2.42. The van der Waals surface area contributed by atoms with Crippen molar-refractivity contribution in [2.75, 3.05) is 12.5 Å². The third kappa shape index (κ3) is 2.78. The minimum absolute atomic E-state index is 0.184. The van der Waals surface area contributed by atoms with Crippen LogP contribution in [-0.2, 0) is 4.74 Å². The van der Waals surface area contributed by atoms with Gasteiger partial charge in [-0.05, 0) is 50.8 Å². The van der Waals surface area contributed by atoms with Crippen molar-refractivity contribution in [2.45, 2.75) is 18.9 Å². The maximum absolute atomic E-state index is 5.97. The van der Waals surface area contributed by atoms with E-state index in [0.29, 0.717) is 11.8 Å². The molecule has 5 heteroatoms. The van der Waals surface area contributed by atoms with E-state index < -0.39 is 0 Å². The van der Waals surface area contributed by atoms with Crippen LogP contribution >= 0.6 is 54.8 Å². The number of rotatable bonds is 2. The lowest BCUT2D eigenvalue weighted by Gasteiger charge is -2.29. The van der Waals surface area contributed by atoms with Crippen molar-refractivity contribution < 1.29 is 4.74 Å². The second-order valence-electron chi connectivity index (χ2n) is 3.62. The summed E-state index contributed by atoms with van der Waals surface area (Å²) in [5.74, 6) is 1.13. The summed E-state index contributed by atoms with van der Waals surface area (Å²) >= 11 is 14.7. The van der Waals surface area contributed by atoms with Crippen LogP contribution in [0.25, 0.3) is 0 Å². The van der Waals surface area contributed by atoms with Gasteiger partial charge in [-0.15, -0.1) is 22.9 Å². The van der Waals surface area contributed by atoms with Crippen LogP contribution in [0.15, 0.2) is 14.3 Å². The third-order valence-corrected chi connectivity index (χ3v) is 6.30. The summed E-state index contributed by atoms with van der Waals surface area (Å²) in [4.78, 5) is 1.26. The Labute approximate surface area is 115 Å². The average Bonchev–Trinajstić information content (AvgIpc) is 2.59. The second kappa shape index (κ2) is 5.50. The van der Waals surface area contributed by atoms with E-state index in [1.807, 2.05) is 0 Å². The van der Waals surface area contributed by atoms with E-state index in [-0.39, 0.29) is 6.10 Å². The Morgan fingerprint density at radius 1 is 1.53 bits per heavy atom. The zero-order valence-corrected chi connectivity index (χ0v) is 12.8. The monoisotopic (exact) mass is 372 g/mol. The molecule has 0 aromatic carbocycles. The molecule has 84 valence electrons. The van der Waals surface area contributed by atoms with Crippen molar-refractivity contribution in [3.63, 3.8) is 0 Å². The van der Waals surface area contributed by atoms with Gasteiger partial charge in [-0.25, -0.2) is 0 Å². The smallest absolute Gasteiger partial charge is 0.0956 e. The van der Waals surface area contributed by atoms with Gasteiger partial charge in [-0.3, -0.25) is 0 Å². The Kier molecular flexibility index (Phi) is 4.53. The van der Waals surface area contributed by atoms with Gasteiger partial charge in [-0.1, -0.05) is 0 Å². The summed E-state index contributed by atoms with van der Waals surface area (Å²) in [5, 5.41) is 0. The van der Waals surface area contributed by atoms with Gasteiger partial charge in [0.15, 0.2) is 0 Å². The molecule has 1 aliphatic heterocycles. The standard InChI is InChI=1S/C10H11Br2ClOS/c11-7-4-8(15-10(7)12)9-6(5-13)2-1-3-14-9/h4,6,9H,1-3,5H2. The first-order valence-corrected chi connectivity index (χ1v) is 7.78. The van der Waals surface area contributed by atoms with Gasteiger partial charge in [-0.2, -0.15) is 0 Å². The molecule has 0 radical (unpaired) electrons.